The standard InChI is InChI=1S/C52H52Cl2F2N4O8/c53-41-27-57-28-42(54)40(41)26-45(37-17-18-44(67-51(55)56)46(25-37)65-31-32-11-12-32)66-50(62)43-10-5-21-60(43)49(61)36-15-13-33(14-16-36)30-64-39-9-4-8-38(24-39)48(35-6-2-1-3-7-35)58-52(63)68-47-29-59-22-19-34(47)20-23-59/h1-4,6-9,13-18,24-25,27-28,32,34,43,45,47-48,51H,5,10-12,19-23,26,29-31H2,(H,58,63)/p+1/t43-,45-,47-,48-/m0/s1. The Labute approximate surface area is 403 Å². The number of likely N-dealkylation sites (tertiary alicyclic amines) is 1. The van der Waals surface area contributed by atoms with Crippen LogP contribution in [-0.2, 0) is 27.3 Å². The second-order valence-electron chi connectivity index (χ2n) is 17.9. The monoisotopic (exact) mass is 969 g/mol. The quantitative estimate of drug-likeness (QED) is 0.0854. The van der Waals surface area contributed by atoms with E-state index in [2.05, 4.69) is 15.2 Å². The Hall–Kier alpha value is -5.96. The SMILES string of the molecule is O=C(N[C@@H](c1ccccc1)c1cccc(OCc2ccc(C(=O)N3CCC[C@H]3C(=O)O[C@@H](Cc3c(Cl)c[nH+]cc3Cl)c3ccc(OC(F)F)c(OCC4CC4)c3)cc2)c1)O[C@H]1CN2CCC1CC2. The molecule has 16 heteroatoms. The number of hydrogen-bond donors (Lipinski definition) is 1. The van der Waals surface area contributed by atoms with Gasteiger partial charge in [0, 0.05) is 30.6 Å². The number of rotatable bonds is 18. The van der Waals surface area contributed by atoms with E-state index in [4.69, 9.17) is 46.9 Å². The van der Waals surface area contributed by atoms with Gasteiger partial charge in [-0.15, -0.1) is 0 Å². The van der Waals surface area contributed by atoms with Crippen LogP contribution in [-0.4, -0.2) is 79.3 Å². The van der Waals surface area contributed by atoms with Crippen molar-refractivity contribution in [1.29, 1.82) is 0 Å². The number of aromatic amines is 1. The average Bonchev–Trinajstić information content (AvgIpc) is 4.06. The van der Waals surface area contributed by atoms with E-state index in [0.29, 0.717) is 70.3 Å². The van der Waals surface area contributed by atoms with Crippen LogP contribution >= 0.6 is 23.2 Å². The number of H-pyrrole nitrogens is 1. The van der Waals surface area contributed by atoms with Gasteiger partial charge >= 0.3 is 18.7 Å². The number of carbonyl (C=O) groups is 3. The maximum Gasteiger partial charge on any atom is 0.408 e. The molecule has 5 fully saturated rings. The number of halogens is 4. The van der Waals surface area contributed by atoms with Crippen molar-refractivity contribution in [2.24, 2.45) is 11.8 Å². The van der Waals surface area contributed by atoms with Crippen molar-refractivity contribution in [2.45, 2.75) is 82.5 Å². The van der Waals surface area contributed by atoms with Crippen molar-refractivity contribution >= 4 is 41.2 Å². The van der Waals surface area contributed by atoms with Crippen LogP contribution in [0.3, 0.4) is 0 Å². The van der Waals surface area contributed by atoms with Crippen LogP contribution in [0, 0.1) is 11.8 Å². The van der Waals surface area contributed by atoms with Gasteiger partial charge in [-0.05, 0) is 122 Å². The number of pyridine rings is 1. The maximum atomic E-state index is 14.1. The number of carbonyl (C=O) groups excluding carboxylic acids is 3. The Morgan fingerprint density at radius 3 is 2.24 bits per heavy atom. The minimum absolute atomic E-state index is 0.0442. The van der Waals surface area contributed by atoms with Crippen LogP contribution in [0.4, 0.5) is 13.6 Å². The summed E-state index contributed by atoms with van der Waals surface area (Å²) in [5, 5.41) is 3.73. The maximum absolute atomic E-state index is 14.1. The molecule has 5 aromatic rings. The first-order chi connectivity index (χ1) is 33.0. The number of alkyl halides is 2. The van der Waals surface area contributed by atoms with E-state index in [9.17, 15) is 23.2 Å². The zero-order valence-corrected chi connectivity index (χ0v) is 38.8. The summed E-state index contributed by atoms with van der Waals surface area (Å²) in [6.07, 6.45) is 6.59. The van der Waals surface area contributed by atoms with E-state index in [1.807, 2.05) is 66.7 Å². The van der Waals surface area contributed by atoms with Crippen molar-refractivity contribution < 1.29 is 51.8 Å². The molecule has 2 N–H and O–H groups in total. The number of amides is 2. The Morgan fingerprint density at radius 1 is 0.779 bits per heavy atom. The van der Waals surface area contributed by atoms with Crippen LogP contribution in [0.5, 0.6) is 17.2 Å². The van der Waals surface area contributed by atoms with E-state index in [1.165, 1.54) is 23.1 Å². The normalized spacial score (nSPS) is 20.6. The Bertz CT molecular complexity index is 2540. The molecule has 5 aliphatic rings. The van der Waals surface area contributed by atoms with Gasteiger partial charge in [-0.2, -0.15) is 8.78 Å². The number of fused-ring (bicyclic) bond motifs is 3. The number of alkyl carbamates (subject to hydrolysis) is 1. The third-order valence-corrected chi connectivity index (χ3v) is 13.9. The van der Waals surface area contributed by atoms with Crippen molar-refractivity contribution in [2.75, 3.05) is 32.8 Å². The topological polar surface area (TPSA) is 130 Å². The molecule has 4 atom stereocenters. The highest BCUT2D eigenvalue weighted by Crippen LogP contribution is 2.39. The molecule has 2 amide bonds. The molecule has 12 nitrogen and oxygen atoms in total. The predicted molar refractivity (Wildman–Crippen MR) is 249 cm³/mol. The van der Waals surface area contributed by atoms with Crippen LogP contribution < -0.4 is 24.5 Å². The number of benzene rings is 4. The number of nitrogens with zero attached hydrogens (tertiary/aromatic N) is 2. The molecule has 0 radical (unpaired) electrons. The largest absolute Gasteiger partial charge is 0.489 e. The lowest BCUT2D eigenvalue weighted by molar-refractivity contribution is -0.377. The molecule has 1 aliphatic carbocycles. The van der Waals surface area contributed by atoms with Crippen LogP contribution in [0.15, 0.2) is 109 Å². The third kappa shape index (κ3) is 11.6. The summed E-state index contributed by atoms with van der Waals surface area (Å²) >= 11 is 13.1. The molecule has 4 aromatic carbocycles. The smallest absolute Gasteiger partial charge is 0.408 e. The van der Waals surface area contributed by atoms with Gasteiger partial charge in [-0.25, -0.2) is 14.6 Å². The van der Waals surface area contributed by atoms with Crippen LogP contribution in [0.1, 0.15) is 88.8 Å². The summed E-state index contributed by atoms with van der Waals surface area (Å²) in [4.78, 5) is 48.3. The fourth-order valence-electron chi connectivity index (χ4n) is 9.28. The fourth-order valence-corrected chi connectivity index (χ4v) is 9.81. The van der Waals surface area contributed by atoms with E-state index in [-0.39, 0.29) is 36.5 Å². The number of hydrogen-bond acceptors (Lipinski definition) is 9. The van der Waals surface area contributed by atoms with Gasteiger partial charge in [-0.3, -0.25) is 9.69 Å². The highest BCUT2D eigenvalue weighted by atomic mass is 35.5. The zero-order valence-electron chi connectivity index (χ0n) is 37.3. The fraction of sp³-hybridized carbons (Fsp3) is 0.385. The number of piperidine rings is 3. The number of nitrogens with one attached hydrogen (secondary N) is 2. The van der Waals surface area contributed by atoms with Crippen molar-refractivity contribution in [1.82, 2.24) is 15.1 Å². The summed E-state index contributed by atoms with van der Waals surface area (Å²) in [7, 11) is 0. The summed E-state index contributed by atoms with van der Waals surface area (Å²) in [6.45, 7) is 0.680. The summed E-state index contributed by atoms with van der Waals surface area (Å²) in [5.74, 6) is 0.303. The van der Waals surface area contributed by atoms with E-state index >= 15 is 0 Å². The zero-order chi connectivity index (χ0) is 47.1. The summed E-state index contributed by atoms with van der Waals surface area (Å²) in [6, 6.07) is 27.4. The Balaban J connectivity index is 0.854. The number of esters is 1. The van der Waals surface area contributed by atoms with E-state index in [1.54, 1.807) is 24.5 Å². The number of aromatic nitrogens is 1. The second-order valence-corrected chi connectivity index (χ2v) is 18.7. The first-order valence-electron chi connectivity index (χ1n) is 23.2. The van der Waals surface area contributed by atoms with Crippen molar-refractivity contribution in [3.8, 4) is 17.2 Å². The third-order valence-electron chi connectivity index (χ3n) is 13.2. The van der Waals surface area contributed by atoms with Gasteiger partial charge in [0.15, 0.2) is 23.9 Å². The molecule has 356 valence electrons. The second kappa shape index (κ2) is 21.6. The van der Waals surface area contributed by atoms with Gasteiger partial charge in [0.25, 0.3) is 5.91 Å². The Kier molecular flexibility index (Phi) is 14.9. The first kappa shape index (κ1) is 47.1. The minimum atomic E-state index is -3.07. The molecule has 1 aromatic heterocycles. The van der Waals surface area contributed by atoms with Gasteiger partial charge in [0.2, 0.25) is 0 Å². The predicted octanol–water partition coefficient (Wildman–Crippen LogP) is 9.82. The highest BCUT2D eigenvalue weighted by Gasteiger charge is 2.39. The van der Waals surface area contributed by atoms with Crippen LogP contribution in [0.25, 0.3) is 0 Å². The lowest BCUT2D eigenvalue weighted by atomic mass is 9.86. The van der Waals surface area contributed by atoms with Gasteiger partial charge in [0.1, 0.15) is 40.7 Å². The van der Waals surface area contributed by atoms with Gasteiger partial charge < -0.3 is 33.9 Å². The van der Waals surface area contributed by atoms with Gasteiger partial charge in [0.05, 0.1) is 12.6 Å². The minimum Gasteiger partial charge on any atom is -0.489 e. The van der Waals surface area contributed by atoms with Crippen molar-refractivity contribution in [3.63, 3.8) is 0 Å². The summed E-state index contributed by atoms with van der Waals surface area (Å²) in [5.41, 5.74) is 3.88. The molecule has 4 aliphatic heterocycles. The molecule has 0 unspecified atom stereocenters. The van der Waals surface area contributed by atoms with E-state index < -0.39 is 36.9 Å². The molecule has 68 heavy (non-hydrogen) atoms. The molecule has 10 rings (SSSR count). The highest BCUT2D eigenvalue weighted by molar-refractivity contribution is 6.35. The molecule has 2 bridgehead atoms. The number of ether oxygens (including phenoxy) is 5. The molecular weight excluding hydrogens is 917 g/mol. The lowest BCUT2D eigenvalue weighted by Crippen LogP contribution is -2.52. The summed E-state index contributed by atoms with van der Waals surface area (Å²) < 4.78 is 55.9. The lowest BCUT2D eigenvalue weighted by Gasteiger charge is -2.43. The molecule has 4 saturated heterocycles. The van der Waals surface area contributed by atoms with Crippen LogP contribution in [0.2, 0.25) is 10.0 Å². The first-order valence-corrected chi connectivity index (χ1v) is 23.9. The molecule has 5 heterocycles. The molecular formula is C52H53Cl2F2N4O8+. The molecule has 0 spiro atoms. The van der Waals surface area contributed by atoms with Gasteiger partial charge in [-0.1, -0.05) is 83.9 Å². The Morgan fingerprint density at radius 2 is 1.53 bits per heavy atom. The van der Waals surface area contributed by atoms with E-state index in [0.717, 1.165) is 62.0 Å². The molecule has 1 saturated carbocycles. The van der Waals surface area contributed by atoms with Crippen molar-refractivity contribution in [3.05, 3.63) is 153 Å². The average molecular weight is 971 g/mol.